The molecule has 3 heteroatoms. The highest BCUT2D eigenvalue weighted by Gasteiger charge is 2.36. The summed E-state index contributed by atoms with van der Waals surface area (Å²) in [6.45, 7) is 6.56. The second kappa shape index (κ2) is 5.49. The fourth-order valence-corrected chi connectivity index (χ4v) is 3.45. The lowest BCUT2D eigenvalue weighted by molar-refractivity contribution is 0.0190. The first-order valence-corrected chi connectivity index (χ1v) is 7.38. The number of hydrogen-bond acceptors (Lipinski definition) is 3. The minimum absolute atomic E-state index is 0.491. The fraction of sp³-hybridized carbons (Fsp3) is 0.688. The summed E-state index contributed by atoms with van der Waals surface area (Å²) >= 11 is 0. The third kappa shape index (κ3) is 2.92. The molecule has 1 aliphatic carbocycles. The van der Waals surface area contributed by atoms with Crippen molar-refractivity contribution in [3.8, 4) is 0 Å². The number of anilines is 1. The lowest BCUT2D eigenvalue weighted by Gasteiger charge is -2.30. The molecular formula is C16H26N2O. The van der Waals surface area contributed by atoms with Crippen LogP contribution in [-0.4, -0.2) is 10.1 Å². The van der Waals surface area contributed by atoms with Crippen LogP contribution in [0.1, 0.15) is 57.1 Å². The number of nitrogens with two attached hydrogens (primary N) is 1. The molecular weight excluding hydrogens is 236 g/mol. The molecule has 1 aromatic rings. The quantitative estimate of drug-likeness (QED) is 0.803. The summed E-state index contributed by atoms with van der Waals surface area (Å²) in [7, 11) is 0. The van der Waals surface area contributed by atoms with Gasteiger partial charge in [0.1, 0.15) is 5.82 Å². The van der Waals surface area contributed by atoms with Crippen LogP contribution in [0.25, 0.3) is 0 Å². The van der Waals surface area contributed by atoms with Gasteiger partial charge in [0.15, 0.2) is 0 Å². The first kappa shape index (κ1) is 14.3. The highest BCUT2D eigenvalue weighted by Crippen LogP contribution is 2.42. The van der Waals surface area contributed by atoms with E-state index in [1.54, 1.807) is 6.20 Å². The summed E-state index contributed by atoms with van der Waals surface area (Å²) < 4.78 is 0. The van der Waals surface area contributed by atoms with Crippen molar-refractivity contribution in [3.63, 3.8) is 0 Å². The third-order valence-corrected chi connectivity index (χ3v) is 4.69. The Labute approximate surface area is 116 Å². The normalized spacial score (nSPS) is 28.4. The van der Waals surface area contributed by atoms with Crippen LogP contribution >= 0.6 is 0 Å². The highest BCUT2D eigenvalue weighted by atomic mass is 16.3. The number of aliphatic hydroxyl groups is 1. The Kier molecular flexibility index (Phi) is 4.14. The van der Waals surface area contributed by atoms with Crippen molar-refractivity contribution in [1.82, 2.24) is 4.98 Å². The molecule has 106 valence electrons. The van der Waals surface area contributed by atoms with Gasteiger partial charge in [0.2, 0.25) is 0 Å². The second-order valence-corrected chi connectivity index (χ2v) is 6.35. The molecule has 3 nitrogen and oxygen atoms in total. The lowest BCUT2D eigenvalue weighted by Crippen LogP contribution is -2.28. The van der Waals surface area contributed by atoms with Crippen LogP contribution in [0.15, 0.2) is 12.3 Å². The predicted molar refractivity (Wildman–Crippen MR) is 78.7 cm³/mol. The summed E-state index contributed by atoms with van der Waals surface area (Å²) in [5.74, 6) is 1.90. The minimum atomic E-state index is -0.786. The summed E-state index contributed by atoms with van der Waals surface area (Å²) in [4.78, 5) is 4.16. The van der Waals surface area contributed by atoms with E-state index in [-0.39, 0.29) is 0 Å². The number of rotatable bonds is 2. The number of aromatic nitrogens is 1. The second-order valence-electron chi connectivity index (χ2n) is 6.35. The standard InChI is InChI=1S/C16H26N2O/c1-11(2)13-5-4-8-16(19,9-6-13)14-12(3)7-10-18-15(14)17/h7,10-11,13,19H,4-6,8-9H2,1-3H3,(H2,17,18). The Morgan fingerprint density at radius 2 is 2.11 bits per heavy atom. The summed E-state index contributed by atoms with van der Waals surface area (Å²) in [5.41, 5.74) is 7.14. The SMILES string of the molecule is Cc1ccnc(N)c1C1(O)CCCC(C(C)C)CC1. The maximum absolute atomic E-state index is 11.1. The molecule has 0 spiro atoms. The van der Waals surface area contributed by atoms with Crippen LogP contribution in [0, 0.1) is 18.8 Å². The van der Waals surface area contributed by atoms with Gasteiger partial charge in [-0.25, -0.2) is 4.98 Å². The molecule has 0 bridgehead atoms. The van der Waals surface area contributed by atoms with E-state index in [2.05, 4.69) is 18.8 Å². The minimum Gasteiger partial charge on any atom is -0.385 e. The molecule has 1 fully saturated rings. The molecule has 1 aromatic heterocycles. The number of nitrogen functional groups attached to an aromatic ring is 1. The summed E-state index contributed by atoms with van der Waals surface area (Å²) in [5, 5.41) is 11.1. The molecule has 1 saturated carbocycles. The molecule has 2 atom stereocenters. The Bertz CT molecular complexity index is 424. The van der Waals surface area contributed by atoms with Crippen molar-refractivity contribution < 1.29 is 5.11 Å². The molecule has 0 aromatic carbocycles. The van der Waals surface area contributed by atoms with E-state index >= 15 is 0 Å². The average Bonchev–Trinajstić information content (AvgIpc) is 2.51. The van der Waals surface area contributed by atoms with Gasteiger partial charge in [-0.3, -0.25) is 0 Å². The van der Waals surface area contributed by atoms with Crippen molar-refractivity contribution in [2.24, 2.45) is 11.8 Å². The molecule has 2 unspecified atom stereocenters. The Balaban J connectivity index is 2.28. The zero-order valence-electron chi connectivity index (χ0n) is 12.3. The third-order valence-electron chi connectivity index (χ3n) is 4.69. The Morgan fingerprint density at radius 1 is 1.37 bits per heavy atom. The van der Waals surface area contributed by atoms with Gasteiger partial charge in [-0.2, -0.15) is 0 Å². The van der Waals surface area contributed by atoms with E-state index < -0.39 is 5.60 Å². The summed E-state index contributed by atoms with van der Waals surface area (Å²) in [6, 6.07) is 1.94. The molecule has 0 radical (unpaired) electrons. The van der Waals surface area contributed by atoms with Crippen molar-refractivity contribution in [1.29, 1.82) is 0 Å². The van der Waals surface area contributed by atoms with Crippen LogP contribution in [0.3, 0.4) is 0 Å². The van der Waals surface area contributed by atoms with Crippen LogP contribution in [0.2, 0.25) is 0 Å². The Morgan fingerprint density at radius 3 is 2.74 bits per heavy atom. The van der Waals surface area contributed by atoms with Gasteiger partial charge >= 0.3 is 0 Å². The van der Waals surface area contributed by atoms with Crippen LogP contribution in [0.4, 0.5) is 5.82 Å². The first-order valence-electron chi connectivity index (χ1n) is 7.38. The highest BCUT2D eigenvalue weighted by molar-refractivity contribution is 5.47. The van der Waals surface area contributed by atoms with Gasteiger partial charge < -0.3 is 10.8 Å². The van der Waals surface area contributed by atoms with E-state index in [0.717, 1.165) is 36.8 Å². The van der Waals surface area contributed by atoms with E-state index in [1.165, 1.54) is 6.42 Å². The van der Waals surface area contributed by atoms with Gasteiger partial charge in [0, 0.05) is 11.8 Å². The molecule has 19 heavy (non-hydrogen) atoms. The largest absolute Gasteiger partial charge is 0.385 e. The van der Waals surface area contributed by atoms with E-state index in [0.29, 0.717) is 17.7 Å². The van der Waals surface area contributed by atoms with Crippen LogP contribution in [-0.2, 0) is 5.60 Å². The van der Waals surface area contributed by atoms with E-state index in [1.807, 2.05) is 13.0 Å². The zero-order valence-corrected chi connectivity index (χ0v) is 12.3. The zero-order chi connectivity index (χ0) is 14.0. The fourth-order valence-electron chi connectivity index (χ4n) is 3.45. The number of pyridine rings is 1. The lowest BCUT2D eigenvalue weighted by atomic mass is 9.83. The number of hydrogen-bond donors (Lipinski definition) is 2. The first-order chi connectivity index (χ1) is 8.94. The molecule has 0 saturated heterocycles. The van der Waals surface area contributed by atoms with Crippen molar-refractivity contribution in [2.45, 2.75) is 58.5 Å². The van der Waals surface area contributed by atoms with Gasteiger partial charge in [-0.05, 0) is 56.1 Å². The summed E-state index contributed by atoms with van der Waals surface area (Å²) in [6.07, 6.45) is 6.65. The smallest absolute Gasteiger partial charge is 0.129 e. The van der Waals surface area contributed by atoms with Crippen molar-refractivity contribution >= 4 is 5.82 Å². The van der Waals surface area contributed by atoms with Gasteiger partial charge in [-0.1, -0.05) is 20.3 Å². The molecule has 1 aliphatic rings. The topological polar surface area (TPSA) is 59.1 Å². The van der Waals surface area contributed by atoms with Crippen LogP contribution in [0.5, 0.6) is 0 Å². The maximum Gasteiger partial charge on any atom is 0.129 e. The molecule has 3 N–H and O–H groups in total. The van der Waals surface area contributed by atoms with Crippen LogP contribution < -0.4 is 5.73 Å². The maximum atomic E-state index is 11.1. The van der Waals surface area contributed by atoms with Gasteiger partial charge in [-0.15, -0.1) is 0 Å². The number of aryl methyl sites for hydroxylation is 1. The van der Waals surface area contributed by atoms with E-state index in [9.17, 15) is 5.11 Å². The van der Waals surface area contributed by atoms with Gasteiger partial charge in [0.25, 0.3) is 0 Å². The average molecular weight is 262 g/mol. The molecule has 1 heterocycles. The molecule has 0 aliphatic heterocycles. The van der Waals surface area contributed by atoms with Crippen molar-refractivity contribution in [2.75, 3.05) is 5.73 Å². The Hall–Kier alpha value is -1.09. The molecule has 2 rings (SSSR count). The number of nitrogens with zero attached hydrogens (tertiary/aromatic N) is 1. The monoisotopic (exact) mass is 262 g/mol. The predicted octanol–water partition coefficient (Wildman–Crippen LogP) is 3.40. The van der Waals surface area contributed by atoms with E-state index in [4.69, 9.17) is 5.73 Å². The molecule has 0 amide bonds. The van der Waals surface area contributed by atoms with Crippen molar-refractivity contribution in [3.05, 3.63) is 23.4 Å². The van der Waals surface area contributed by atoms with Gasteiger partial charge in [0.05, 0.1) is 5.60 Å².